The fraction of sp³-hybridized carbons (Fsp3) is 0.407. The predicted molar refractivity (Wildman–Crippen MR) is 123 cm³/mol. The summed E-state index contributed by atoms with van der Waals surface area (Å²) in [6.45, 7) is 0.218. The van der Waals surface area contributed by atoms with Crippen LogP contribution in [0.5, 0.6) is 11.5 Å². The molecule has 1 heterocycles. The van der Waals surface area contributed by atoms with Gasteiger partial charge in [0.2, 0.25) is 0 Å². The zero-order chi connectivity index (χ0) is 23.7. The highest BCUT2D eigenvalue weighted by Crippen LogP contribution is 2.48. The van der Waals surface area contributed by atoms with Gasteiger partial charge in [0.25, 0.3) is 0 Å². The number of nitrogens with zero attached hydrogens (tertiary/aromatic N) is 1. The SMILES string of the molecule is COC(=O)C[C@H](c1cccc(OCc2noc(-c3cc(OC)ccc3F)c2C2CC2)c1)C1CC1. The fourth-order valence-corrected chi connectivity index (χ4v) is 4.53. The first-order chi connectivity index (χ1) is 16.6. The molecule has 2 saturated carbocycles. The van der Waals surface area contributed by atoms with Crippen LogP contribution >= 0.6 is 0 Å². The number of esters is 1. The lowest BCUT2D eigenvalue weighted by atomic mass is 9.91. The number of ether oxygens (including phenoxy) is 3. The van der Waals surface area contributed by atoms with Crippen molar-refractivity contribution in [2.75, 3.05) is 14.2 Å². The van der Waals surface area contributed by atoms with Crippen molar-refractivity contribution in [3.05, 3.63) is 65.1 Å². The standard InChI is InChI=1S/C27H28FNO5/c1-31-19-10-11-23(28)22(13-19)27-26(17-8-9-17)24(29-34-27)15-33-20-5-3-4-18(12-20)21(16-6-7-16)14-25(30)32-2/h3-5,10-13,16-17,21H,6-9,14-15H2,1-2H3/t21-/m0/s1. The Balaban J connectivity index is 1.36. The Morgan fingerprint density at radius 3 is 2.65 bits per heavy atom. The molecule has 2 aliphatic rings. The number of rotatable bonds is 10. The van der Waals surface area contributed by atoms with Crippen LogP contribution in [0.4, 0.5) is 4.39 Å². The van der Waals surface area contributed by atoms with Gasteiger partial charge in [-0.25, -0.2) is 4.39 Å². The van der Waals surface area contributed by atoms with Crippen LogP contribution in [-0.2, 0) is 16.1 Å². The van der Waals surface area contributed by atoms with Crippen LogP contribution in [0.1, 0.15) is 60.8 Å². The lowest BCUT2D eigenvalue weighted by molar-refractivity contribution is -0.141. The van der Waals surface area contributed by atoms with Crippen molar-refractivity contribution in [2.45, 2.75) is 50.5 Å². The van der Waals surface area contributed by atoms with Gasteiger partial charge in [0.1, 0.15) is 29.6 Å². The normalized spacial score (nSPS) is 16.2. The van der Waals surface area contributed by atoms with E-state index in [0.29, 0.717) is 40.9 Å². The minimum Gasteiger partial charge on any atom is -0.497 e. The number of halogens is 1. The van der Waals surface area contributed by atoms with Crippen molar-refractivity contribution in [1.29, 1.82) is 0 Å². The predicted octanol–water partition coefficient (Wildman–Crippen LogP) is 6.00. The second-order valence-corrected chi connectivity index (χ2v) is 9.08. The van der Waals surface area contributed by atoms with Crippen LogP contribution in [-0.4, -0.2) is 25.3 Å². The van der Waals surface area contributed by atoms with E-state index >= 15 is 0 Å². The van der Waals surface area contributed by atoms with Crippen molar-refractivity contribution in [3.63, 3.8) is 0 Å². The molecule has 0 bridgehead atoms. The van der Waals surface area contributed by atoms with E-state index < -0.39 is 0 Å². The molecule has 0 aliphatic heterocycles. The molecule has 2 aromatic carbocycles. The van der Waals surface area contributed by atoms with Crippen LogP contribution in [0.3, 0.4) is 0 Å². The summed E-state index contributed by atoms with van der Waals surface area (Å²) in [6, 6.07) is 12.5. The van der Waals surface area contributed by atoms with Gasteiger partial charge in [0.05, 0.1) is 26.2 Å². The number of methoxy groups -OCH3 is 2. The Hall–Kier alpha value is -3.35. The highest BCUT2D eigenvalue weighted by atomic mass is 19.1. The molecule has 0 radical (unpaired) electrons. The molecule has 178 valence electrons. The van der Waals surface area contributed by atoms with Crippen molar-refractivity contribution < 1.29 is 27.9 Å². The van der Waals surface area contributed by atoms with E-state index in [9.17, 15) is 9.18 Å². The topological polar surface area (TPSA) is 70.8 Å². The maximum absolute atomic E-state index is 14.6. The Kier molecular flexibility index (Phi) is 6.26. The van der Waals surface area contributed by atoms with Crippen LogP contribution in [0.2, 0.25) is 0 Å². The van der Waals surface area contributed by atoms with Crippen LogP contribution in [0.25, 0.3) is 11.3 Å². The fourth-order valence-electron chi connectivity index (χ4n) is 4.53. The molecular weight excluding hydrogens is 437 g/mol. The average Bonchev–Trinajstić information content (AvgIpc) is 3.80. The molecule has 1 aromatic heterocycles. The molecule has 2 fully saturated rings. The lowest BCUT2D eigenvalue weighted by Crippen LogP contribution is -2.10. The van der Waals surface area contributed by atoms with Gasteiger partial charge in [-0.3, -0.25) is 4.79 Å². The number of hydrogen-bond donors (Lipinski definition) is 0. The van der Waals surface area contributed by atoms with E-state index in [-0.39, 0.29) is 30.2 Å². The smallest absolute Gasteiger partial charge is 0.306 e. The van der Waals surface area contributed by atoms with Gasteiger partial charge >= 0.3 is 5.97 Å². The first-order valence-electron chi connectivity index (χ1n) is 11.7. The molecule has 2 aliphatic carbocycles. The third kappa shape index (κ3) is 4.79. The van der Waals surface area contributed by atoms with Gasteiger partial charge in [0.15, 0.2) is 5.76 Å². The molecule has 5 rings (SSSR count). The summed E-state index contributed by atoms with van der Waals surface area (Å²) in [7, 11) is 2.97. The van der Waals surface area contributed by atoms with Crippen molar-refractivity contribution >= 4 is 5.97 Å². The highest BCUT2D eigenvalue weighted by Gasteiger charge is 2.35. The molecule has 0 amide bonds. The molecule has 34 heavy (non-hydrogen) atoms. The number of carbonyl (C=O) groups is 1. The summed E-state index contributed by atoms with van der Waals surface area (Å²) >= 11 is 0. The van der Waals surface area contributed by atoms with E-state index in [1.165, 1.54) is 13.2 Å². The monoisotopic (exact) mass is 465 g/mol. The van der Waals surface area contributed by atoms with Gasteiger partial charge in [-0.2, -0.15) is 0 Å². The Bertz CT molecular complexity index is 1180. The Morgan fingerprint density at radius 2 is 1.94 bits per heavy atom. The summed E-state index contributed by atoms with van der Waals surface area (Å²) in [4.78, 5) is 11.9. The molecule has 0 unspecified atom stereocenters. The first-order valence-corrected chi connectivity index (χ1v) is 11.7. The first kappa shape index (κ1) is 22.4. The number of hydrogen-bond acceptors (Lipinski definition) is 6. The summed E-state index contributed by atoms with van der Waals surface area (Å²) in [5.74, 6) is 2.05. The van der Waals surface area contributed by atoms with Gasteiger partial charge in [0, 0.05) is 5.56 Å². The molecule has 7 heteroatoms. The van der Waals surface area contributed by atoms with Crippen molar-refractivity contribution in [2.24, 2.45) is 5.92 Å². The summed E-state index contributed by atoms with van der Waals surface area (Å²) in [5.41, 5.74) is 3.01. The number of carbonyl (C=O) groups excluding carboxylic acids is 1. The zero-order valence-corrected chi connectivity index (χ0v) is 19.4. The number of aromatic nitrogens is 1. The number of benzene rings is 2. The van der Waals surface area contributed by atoms with Gasteiger partial charge in [-0.05, 0) is 79.3 Å². The Labute approximate surface area is 198 Å². The van der Waals surface area contributed by atoms with Crippen LogP contribution in [0.15, 0.2) is 47.0 Å². The van der Waals surface area contributed by atoms with Crippen molar-refractivity contribution in [3.8, 4) is 22.8 Å². The van der Waals surface area contributed by atoms with Crippen LogP contribution in [0, 0.1) is 11.7 Å². The summed E-state index contributed by atoms with van der Waals surface area (Å²) < 4.78 is 36.5. The molecule has 1 atom stereocenters. The van der Waals surface area contributed by atoms with E-state index in [0.717, 1.165) is 36.8 Å². The minimum atomic E-state index is -0.379. The van der Waals surface area contributed by atoms with E-state index in [1.807, 2.05) is 24.3 Å². The van der Waals surface area contributed by atoms with Gasteiger partial charge < -0.3 is 18.7 Å². The molecule has 0 saturated heterocycles. The third-order valence-electron chi connectivity index (χ3n) is 6.67. The summed E-state index contributed by atoms with van der Waals surface area (Å²) in [6.07, 6.45) is 4.65. The van der Waals surface area contributed by atoms with Crippen molar-refractivity contribution in [1.82, 2.24) is 5.16 Å². The molecular formula is C27H28FNO5. The maximum atomic E-state index is 14.6. The molecule has 0 spiro atoms. The van der Waals surface area contributed by atoms with Gasteiger partial charge in [-0.1, -0.05) is 17.3 Å². The molecule has 3 aromatic rings. The third-order valence-corrected chi connectivity index (χ3v) is 6.67. The molecule has 0 N–H and O–H groups in total. The second kappa shape index (κ2) is 9.49. The van der Waals surface area contributed by atoms with Gasteiger partial charge in [-0.15, -0.1) is 0 Å². The minimum absolute atomic E-state index is 0.132. The van der Waals surface area contributed by atoms with Crippen LogP contribution < -0.4 is 9.47 Å². The lowest BCUT2D eigenvalue weighted by Gasteiger charge is -2.16. The Morgan fingerprint density at radius 1 is 1.12 bits per heavy atom. The van der Waals surface area contributed by atoms with E-state index in [1.54, 1.807) is 19.2 Å². The maximum Gasteiger partial charge on any atom is 0.306 e. The average molecular weight is 466 g/mol. The second-order valence-electron chi connectivity index (χ2n) is 9.08. The quantitative estimate of drug-likeness (QED) is 0.342. The largest absolute Gasteiger partial charge is 0.497 e. The molecule has 6 nitrogen and oxygen atoms in total. The van der Waals surface area contributed by atoms with E-state index in [2.05, 4.69) is 5.16 Å². The zero-order valence-electron chi connectivity index (χ0n) is 19.4. The highest BCUT2D eigenvalue weighted by molar-refractivity contribution is 5.70. The van der Waals surface area contributed by atoms with E-state index in [4.69, 9.17) is 18.7 Å². The summed E-state index contributed by atoms with van der Waals surface area (Å²) in [5, 5.41) is 4.24.